The Balaban J connectivity index is 2.48. The zero-order valence-corrected chi connectivity index (χ0v) is 7.15. The SMILES string of the molecule is Sc1cccc(-n2ccnn2)c1. The molecule has 1 aromatic carbocycles. The van der Waals surface area contributed by atoms with E-state index in [9.17, 15) is 0 Å². The molecular formula is C8H7N3S. The van der Waals surface area contributed by atoms with Crippen molar-refractivity contribution in [2.75, 3.05) is 0 Å². The van der Waals surface area contributed by atoms with Crippen LogP contribution >= 0.6 is 12.6 Å². The van der Waals surface area contributed by atoms with Crippen LogP contribution in [0.25, 0.3) is 5.69 Å². The third kappa shape index (κ3) is 1.33. The van der Waals surface area contributed by atoms with Crippen molar-refractivity contribution in [2.24, 2.45) is 0 Å². The Kier molecular flexibility index (Phi) is 1.83. The molecule has 0 aliphatic heterocycles. The molecule has 0 saturated heterocycles. The number of hydrogen-bond donors (Lipinski definition) is 1. The van der Waals surface area contributed by atoms with E-state index in [1.54, 1.807) is 17.1 Å². The minimum Gasteiger partial charge on any atom is -0.221 e. The van der Waals surface area contributed by atoms with E-state index in [0.29, 0.717) is 0 Å². The van der Waals surface area contributed by atoms with Gasteiger partial charge in [-0.15, -0.1) is 17.7 Å². The van der Waals surface area contributed by atoms with E-state index in [1.165, 1.54) is 0 Å². The summed E-state index contributed by atoms with van der Waals surface area (Å²) in [5.41, 5.74) is 0.972. The maximum atomic E-state index is 4.22. The highest BCUT2D eigenvalue weighted by Crippen LogP contribution is 2.11. The second-order valence-corrected chi connectivity index (χ2v) is 2.88. The van der Waals surface area contributed by atoms with Gasteiger partial charge in [0, 0.05) is 4.90 Å². The van der Waals surface area contributed by atoms with Gasteiger partial charge in [0.1, 0.15) is 0 Å². The van der Waals surface area contributed by atoms with Gasteiger partial charge >= 0.3 is 0 Å². The first-order chi connectivity index (χ1) is 5.86. The normalized spacial score (nSPS) is 10.1. The molecule has 3 nitrogen and oxygen atoms in total. The fourth-order valence-corrected chi connectivity index (χ4v) is 1.20. The van der Waals surface area contributed by atoms with Crippen LogP contribution in [0.4, 0.5) is 0 Å². The average molecular weight is 177 g/mol. The van der Waals surface area contributed by atoms with Crippen molar-refractivity contribution >= 4 is 12.6 Å². The molecule has 0 amide bonds. The lowest BCUT2D eigenvalue weighted by Gasteiger charge is -1.99. The summed E-state index contributed by atoms with van der Waals surface area (Å²) in [4.78, 5) is 0.919. The minimum absolute atomic E-state index is 0.919. The van der Waals surface area contributed by atoms with E-state index >= 15 is 0 Å². The Morgan fingerprint density at radius 1 is 1.33 bits per heavy atom. The molecule has 60 valence electrons. The molecule has 0 spiro atoms. The predicted molar refractivity (Wildman–Crippen MR) is 48.6 cm³/mol. The van der Waals surface area contributed by atoms with Crippen molar-refractivity contribution in [1.29, 1.82) is 0 Å². The molecule has 1 heterocycles. The van der Waals surface area contributed by atoms with Gasteiger partial charge in [0.25, 0.3) is 0 Å². The highest BCUT2D eigenvalue weighted by molar-refractivity contribution is 7.80. The molecule has 0 aliphatic carbocycles. The Bertz CT molecular complexity index is 370. The highest BCUT2D eigenvalue weighted by atomic mass is 32.1. The maximum absolute atomic E-state index is 4.22. The number of benzene rings is 1. The van der Waals surface area contributed by atoms with Crippen molar-refractivity contribution in [1.82, 2.24) is 15.0 Å². The van der Waals surface area contributed by atoms with Gasteiger partial charge in [-0.25, -0.2) is 4.68 Å². The third-order valence-electron chi connectivity index (χ3n) is 1.52. The van der Waals surface area contributed by atoms with E-state index in [4.69, 9.17) is 0 Å². The lowest BCUT2D eigenvalue weighted by atomic mass is 10.3. The molecule has 0 radical (unpaired) electrons. The smallest absolute Gasteiger partial charge is 0.0697 e. The standard InChI is InChI=1S/C8H7N3S/c12-8-3-1-2-7(6-8)11-5-4-9-10-11/h1-6,12H. The quantitative estimate of drug-likeness (QED) is 0.670. The summed E-state index contributed by atoms with van der Waals surface area (Å²) >= 11 is 4.22. The van der Waals surface area contributed by atoms with Crippen LogP contribution in [0.3, 0.4) is 0 Å². The van der Waals surface area contributed by atoms with Crippen molar-refractivity contribution in [3.8, 4) is 5.69 Å². The van der Waals surface area contributed by atoms with Gasteiger partial charge in [-0.2, -0.15) is 0 Å². The summed E-state index contributed by atoms with van der Waals surface area (Å²) < 4.78 is 1.69. The summed E-state index contributed by atoms with van der Waals surface area (Å²) in [5.74, 6) is 0. The Hall–Kier alpha value is -1.29. The molecule has 0 unspecified atom stereocenters. The molecular weight excluding hydrogens is 170 g/mol. The van der Waals surface area contributed by atoms with Gasteiger partial charge in [-0.1, -0.05) is 11.3 Å². The van der Waals surface area contributed by atoms with Crippen molar-refractivity contribution in [2.45, 2.75) is 4.90 Å². The summed E-state index contributed by atoms with van der Waals surface area (Å²) in [7, 11) is 0. The van der Waals surface area contributed by atoms with Crippen LogP contribution in [0.15, 0.2) is 41.6 Å². The molecule has 2 aromatic rings. The number of hydrogen-bond acceptors (Lipinski definition) is 3. The Morgan fingerprint density at radius 2 is 2.25 bits per heavy atom. The summed E-state index contributed by atoms with van der Waals surface area (Å²) in [5, 5.41) is 7.58. The van der Waals surface area contributed by atoms with Crippen molar-refractivity contribution in [3.05, 3.63) is 36.7 Å². The zero-order valence-electron chi connectivity index (χ0n) is 6.25. The van der Waals surface area contributed by atoms with Gasteiger partial charge in [-0.3, -0.25) is 0 Å². The van der Waals surface area contributed by atoms with Gasteiger partial charge in [0.05, 0.1) is 18.1 Å². The van der Waals surface area contributed by atoms with E-state index in [1.807, 2.05) is 24.3 Å². The van der Waals surface area contributed by atoms with Crippen LogP contribution in [-0.2, 0) is 0 Å². The van der Waals surface area contributed by atoms with Gasteiger partial charge in [0.15, 0.2) is 0 Å². The van der Waals surface area contributed by atoms with Crippen LogP contribution in [0.1, 0.15) is 0 Å². The molecule has 4 heteroatoms. The lowest BCUT2D eigenvalue weighted by molar-refractivity contribution is 0.801. The van der Waals surface area contributed by atoms with Crippen LogP contribution in [0, 0.1) is 0 Å². The first-order valence-electron chi connectivity index (χ1n) is 3.52. The first kappa shape index (κ1) is 7.36. The summed E-state index contributed by atoms with van der Waals surface area (Å²) in [6, 6.07) is 7.73. The average Bonchev–Trinajstić information content (AvgIpc) is 2.56. The summed E-state index contributed by atoms with van der Waals surface area (Å²) in [6.07, 6.45) is 3.44. The van der Waals surface area contributed by atoms with Crippen molar-refractivity contribution < 1.29 is 0 Å². The fraction of sp³-hybridized carbons (Fsp3) is 0. The zero-order chi connectivity index (χ0) is 8.39. The van der Waals surface area contributed by atoms with Crippen molar-refractivity contribution in [3.63, 3.8) is 0 Å². The maximum Gasteiger partial charge on any atom is 0.0697 e. The van der Waals surface area contributed by atoms with Crippen LogP contribution in [0.2, 0.25) is 0 Å². The van der Waals surface area contributed by atoms with Gasteiger partial charge in [0.2, 0.25) is 0 Å². The van der Waals surface area contributed by atoms with Crippen LogP contribution in [-0.4, -0.2) is 15.0 Å². The lowest BCUT2D eigenvalue weighted by Crippen LogP contribution is -1.94. The molecule has 0 aliphatic rings. The minimum atomic E-state index is 0.919. The van der Waals surface area contributed by atoms with E-state index in [-0.39, 0.29) is 0 Å². The topological polar surface area (TPSA) is 30.7 Å². The molecule has 0 saturated carbocycles. The number of nitrogens with zero attached hydrogens (tertiary/aromatic N) is 3. The molecule has 0 fully saturated rings. The largest absolute Gasteiger partial charge is 0.221 e. The van der Waals surface area contributed by atoms with Gasteiger partial charge < -0.3 is 0 Å². The molecule has 12 heavy (non-hydrogen) atoms. The van der Waals surface area contributed by atoms with Crippen LogP contribution in [0.5, 0.6) is 0 Å². The Morgan fingerprint density at radius 3 is 2.92 bits per heavy atom. The van der Waals surface area contributed by atoms with Crippen LogP contribution < -0.4 is 0 Å². The monoisotopic (exact) mass is 177 g/mol. The number of thiol groups is 1. The number of aromatic nitrogens is 3. The van der Waals surface area contributed by atoms with Gasteiger partial charge in [-0.05, 0) is 18.2 Å². The Labute approximate surface area is 75.4 Å². The second-order valence-electron chi connectivity index (χ2n) is 2.37. The molecule has 2 rings (SSSR count). The molecule has 0 N–H and O–H groups in total. The molecule has 0 atom stereocenters. The molecule has 1 aromatic heterocycles. The highest BCUT2D eigenvalue weighted by Gasteiger charge is 1.95. The number of rotatable bonds is 1. The second kappa shape index (κ2) is 2.98. The van der Waals surface area contributed by atoms with E-state index in [2.05, 4.69) is 22.9 Å². The van der Waals surface area contributed by atoms with E-state index < -0.39 is 0 Å². The fourth-order valence-electron chi connectivity index (χ4n) is 0.981. The van der Waals surface area contributed by atoms with E-state index in [0.717, 1.165) is 10.6 Å². The first-order valence-corrected chi connectivity index (χ1v) is 3.97. The third-order valence-corrected chi connectivity index (χ3v) is 1.79. The molecule has 0 bridgehead atoms. The summed E-state index contributed by atoms with van der Waals surface area (Å²) in [6.45, 7) is 0. The predicted octanol–water partition coefficient (Wildman–Crippen LogP) is 1.56.